The Morgan fingerprint density at radius 1 is 0.697 bits per heavy atom. The van der Waals surface area contributed by atoms with Crippen molar-refractivity contribution in [3.8, 4) is 0 Å². The van der Waals surface area contributed by atoms with E-state index in [1.807, 2.05) is 0 Å². The van der Waals surface area contributed by atoms with E-state index < -0.39 is 61.3 Å². The van der Waals surface area contributed by atoms with Crippen LogP contribution >= 0.6 is 0 Å². The Morgan fingerprint density at radius 2 is 1.09 bits per heavy atom. The van der Waals surface area contributed by atoms with Gasteiger partial charge in [0.1, 0.15) is 48.7 Å². The van der Waals surface area contributed by atoms with Crippen molar-refractivity contribution in [1.82, 2.24) is 0 Å². The van der Waals surface area contributed by atoms with Gasteiger partial charge in [-0.15, -0.1) is 0 Å². The zero-order chi connectivity index (χ0) is 24.4. The van der Waals surface area contributed by atoms with Gasteiger partial charge < -0.3 is 48.8 Å². The van der Waals surface area contributed by atoms with Crippen LogP contribution in [0.2, 0.25) is 0 Å². The van der Waals surface area contributed by atoms with Crippen LogP contribution in [-0.4, -0.2) is 136 Å². The van der Waals surface area contributed by atoms with Crippen LogP contribution in [0.25, 0.3) is 0 Å². The molecule has 10 atom stereocenters. The number of hydrogen-bond acceptors (Lipinski definition) is 12. The number of methoxy groups -OCH3 is 4. The summed E-state index contributed by atoms with van der Waals surface area (Å²) in [4.78, 5) is 8.79. The Hall–Kier alpha value is -1.06. The van der Waals surface area contributed by atoms with Gasteiger partial charge in [0.25, 0.3) is 0 Å². The van der Waals surface area contributed by atoms with Crippen molar-refractivity contribution in [3.05, 3.63) is 0 Å². The molecule has 12 heteroatoms. The lowest BCUT2D eigenvalue weighted by atomic mass is 9.97. The van der Waals surface area contributed by atoms with E-state index in [-0.39, 0.29) is 13.2 Å². The second kappa shape index (κ2) is 14.4. The molecule has 33 heavy (non-hydrogen) atoms. The predicted molar refractivity (Wildman–Crippen MR) is 118 cm³/mol. The Morgan fingerprint density at radius 3 is 1.39 bits per heavy atom. The molecule has 0 radical (unpaired) electrons. The number of unbranched alkanes of at least 4 members (excludes halogenated alkanes) is 2. The fraction of sp³-hybridized carbons (Fsp3) is 0.905. The van der Waals surface area contributed by atoms with E-state index in [2.05, 4.69) is 9.98 Å². The molecule has 0 aliphatic carbocycles. The van der Waals surface area contributed by atoms with Crippen molar-refractivity contribution in [1.29, 1.82) is 0 Å². The SMILES string of the molecule is COC1OC(CO)C(OC)C(O)C1/N=C/CCC/C=N/C1C(OC)OC(CO)C(OC)C1O. The number of aliphatic imine (C=N–C) groups is 2. The Bertz CT molecular complexity index is 560. The van der Waals surface area contributed by atoms with Crippen LogP contribution in [-0.2, 0) is 28.4 Å². The summed E-state index contributed by atoms with van der Waals surface area (Å²) < 4.78 is 32.3. The van der Waals surface area contributed by atoms with Gasteiger partial charge in [-0.2, -0.15) is 0 Å². The molecule has 2 fully saturated rings. The summed E-state index contributed by atoms with van der Waals surface area (Å²) in [7, 11) is 5.78. The van der Waals surface area contributed by atoms with Crippen molar-refractivity contribution in [3.63, 3.8) is 0 Å². The standard InChI is InChI=1S/C21H38N2O10/c1-28-18-12(10-24)32-20(30-3)14(16(18)26)22-8-6-5-7-9-23-15-17(27)19(29-2)13(11-25)33-21(15)31-4/h8-9,12-21,24-27H,5-7,10-11H2,1-4H3/b22-8+,23-9+. The molecule has 12 nitrogen and oxygen atoms in total. The average molecular weight is 479 g/mol. The first-order chi connectivity index (χ1) is 16.0. The van der Waals surface area contributed by atoms with Crippen molar-refractivity contribution in [2.24, 2.45) is 9.98 Å². The third-order valence-electron chi connectivity index (χ3n) is 5.87. The highest BCUT2D eigenvalue weighted by molar-refractivity contribution is 5.61. The van der Waals surface area contributed by atoms with E-state index >= 15 is 0 Å². The molecule has 2 aliphatic rings. The number of rotatable bonds is 12. The molecule has 0 amide bonds. The first kappa shape index (κ1) is 28.2. The molecular formula is C21H38N2O10. The molecule has 192 valence electrons. The second-order valence-electron chi connectivity index (χ2n) is 7.88. The largest absolute Gasteiger partial charge is 0.394 e. The predicted octanol–water partition coefficient (Wildman–Crippen LogP) is -1.49. The van der Waals surface area contributed by atoms with Crippen LogP contribution in [0.5, 0.6) is 0 Å². The highest BCUT2D eigenvalue weighted by atomic mass is 16.7. The topological polar surface area (TPSA) is 161 Å². The molecule has 2 saturated heterocycles. The number of nitrogens with zero attached hydrogens (tertiary/aromatic N) is 2. The van der Waals surface area contributed by atoms with Crippen LogP contribution in [0, 0.1) is 0 Å². The van der Waals surface area contributed by atoms with Crippen LogP contribution < -0.4 is 0 Å². The van der Waals surface area contributed by atoms with E-state index in [1.165, 1.54) is 28.4 Å². The van der Waals surface area contributed by atoms with Crippen molar-refractivity contribution < 1.29 is 48.8 Å². The molecule has 0 bridgehead atoms. The summed E-state index contributed by atoms with van der Waals surface area (Å²) in [5, 5.41) is 40.0. The summed E-state index contributed by atoms with van der Waals surface area (Å²) >= 11 is 0. The van der Waals surface area contributed by atoms with E-state index in [1.54, 1.807) is 12.4 Å². The lowest BCUT2D eigenvalue weighted by molar-refractivity contribution is -0.262. The maximum Gasteiger partial charge on any atom is 0.182 e. The molecule has 10 unspecified atom stereocenters. The summed E-state index contributed by atoms with van der Waals surface area (Å²) in [6.07, 6.45) is -1.07. The zero-order valence-electron chi connectivity index (χ0n) is 19.6. The van der Waals surface area contributed by atoms with Gasteiger partial charge in [0, 0.05) is 28.4 Å². The fourth-order valence-electron chi connectivity index (χ4n) is 4.09. The Kier molecular flexibility index (Phi) is 12.3. The minimum Gasteiger partial charge on any atom is -0.394 e. The number of aliphatic hydroxyl groups is 4. The lowest BCUT2D eigenvalue weighted by Gasteiger charge is -2.41. The summed E-state index contributed by atoms with van der Waals surface area (Å²) in [5.41, 5.74) is 0. The first-order valence-electron chi connectivity index (χ1n) is 11.0. The van der Waals surface area contributed by atoms with Crippen molar-refractivity contribution in [2.45, 2.75) is 80.5 Å². The van der Waals surface area contributed by atoms with Gasteiger partial charge >= 0.3 is 0 Å². The second-order valence-corrected chi connectivity index (χ2v) is 7.88. The van der Waals surface area contributed by atoms with Gasteiger partial charge in [0.05, 0.1) is 13.2 Å². The van der Waals surface area contributed by atoms with Crippen molar-refractivity contribution >= 4 is 12.4 Å². The maximum absolute atomic E-state index is 10.6. The lowest BCUT2D eigenvalue weighted by Crippen LogP contribution is -2.59. The van der Waals surface area contributed by atoms with Crippen molar-refractivity contribution in [2.75, 3.05) is 41.7 Å². The molecule has 0 spiro atoms. The van der Waals surface area contributed by atoms with E-state index in [0.717, 1.165) is 6.42 Å². The number of ether oxygens (including phenoxy) is 6. The van der Waals surface area contributed by atoms with Gasteiger partial charge in [-0.3, -0.25) is 9.98 Å². The summed E-state index contributed by atoms with van der Waals surface area (Å²) in [6, 6.07) is -1.36. The molecule has 0 aromatic heterocycles. The van der Waals surface area contributed by atoms with E-state index in [4.69, 9.17) is 28.4 Å². The summed E-state index contributed by atoms with van der Waals surface area (Å²) in [6.45, 7) is -0.608. The normalized spacial score (nSPS) is 40.1. The molecule has 0 aromatic rings. The Labute approximate surface area is 194 Å². The van der Waals surface area contributed by atoms with Crippen LogP contribution in [0.15, 0.2) is 9.98 Å². The smallest absolute Gasteiger partial charge is 0.182 e. The van der Waals surface area contributed by atoms with Gasteiger partial charge in [-0.25, -0.2) is 0 Å². The molecule has 2 heterocycles. The molecule has 2 aliphatic heterocycles. The first-order valence-corrected chi connectivity index (χ1v) is 11.0. The van der Waals surface area contributed by atoms with Crippen LogP contribution in [0.3, 0.4) is 0 Å². The van der Waals surface area contributed by atoms with Gasteiger partial charge in [0.15, 0.2) is 12.6 Å². The maximum atomic E-state index is 10.6. The van der Waals surface area contributed by atoms with Gasteiger partial charge in [0.2, 0.25) is 0 Å². The minimum atomic E-state index is -0.987. The fourth-order valence-corrected chi connectivity index (χ4v) is 4.09. The molecule has 0 aromatic carbocycles. The quantitative estimate of drug-likeness (QED) is 0.192. The van der Waals surface area contributed by atoms with E-state index in [0.29, 0.717) is 12.8 Å². The highest BCUT2D eigenvalue weighted by Gasteiger charge is 2.46. The summed E-state index contributed by atoms with van der Waals surface area (Å²) in [5.74, 6) is 0. The molecular weight excluding hydrogens is 440 g/mol. The monoisotopic (exact) mass is 478 g/mol. The van der Waals surface area contributed by atoms with Gasteiger partial charge in [-0.05, 0) is 31.7 Å². The molecule has 4 N–H and O–H groups in total. The Balaban J connectivity index is 1.86. The zero-order valence-corrected chi connectivity index (χ0v) is 19.6. The average Bonchev–Trinajstić information content (AvgIpc) is 2.83. The minimum absolute atomic E-state index is 0.304. The van der Waals surface area contributed by atoms with Gasteiger partial charge in [-0.1, -0.05) is 0 Å². The highest BCUT2D eigenvalue weighted by Crippen LogP contribution is 2.27. The van der Waals surface area contributed by atoms with E-state index in [9.17, 15) is 20.4 Å². The molecule has 2 rings (SSSR count). The third kappa shape index (κ3) is 6.98. The number of hydrogen-bond donors (Lipinski definition) is 4. The molecule has 0 saturated carbocycles. The number of aliphatic hydroxyl groups excluding tert-OH is 4. The third-order valence-corrected chi connectivity index (χ3v) is 5.87. The van der Waals surface area contributed by atoms with Crippen LogP contribution in [0.4, 0.5) is 0 Å². The van der Waals surface area contributed by atoms with Crippen LogP contribution in [0.1, 0.15) is 19.3 Å².